The van der Waals surface area contributed by atoms with E-state index in [-0.39, 0.29) is 12.4 Å². The number of hydrogen-bond acceptors (Lipinski definition) is 4. The molecule has 0 N–H and O–H groups in total. The van der Waals surface area contributed by atoms with E-state index in [1.54, 1.807) is 16.8 Å². The molecule has 0 aliphatic heterocycles. The van der Waals surface area contributed by atoms with Gasteiger partial charge in [0.15, 0.2) is 6.61 Å². The first-order valence-electron chi connectivity index (χ1n) is 8.85. The predicted octanol–water partition coefficient (Wildman–Crippen LogP) is 3.90. The third kappa shape index (κ3) is 4.89. The number of carbonyl (C=O) groups is 2. The molecule has 146 valence electrons. The number of Topliss-reactive ketones (excluding diaryl/α,β-unsaturated/α-hetero) is 1. The molecule has 0 fully saturated rings. The molecule has 0 aromatic carbocycles. The highest BCUT2D eigenvalue weighted by atomic mass is 35.5. The first-order valence-corrected chi connectivity index (χ1v) is 9.23. The molecule has 0 saturated carbocycles. The second-order valence-corrected chi connectivity index (χ2v) is 7.43. The summed E-state index contributed by atoms with van der Waals surface area (Å²) in [4.78, 5) is 24.3. The van der Waals surface area contributed by atoms with Crippen LogP contribution in [0.15, 0.2) is 12.1 Å². The lowest BCUT2D eigenvalue weighted by Crippen LogP contribution is -2.13. The van der Waals surface area contributed by atoms with Crippen LogP contribution in [0.2, 0.25) is 5.15 Å². The molecule has 0 radical (unpaired) electrons. The number of aromatic nitrogens is 3. The van der Waals surface area contributed by atoms with E-state index in [1.165, 1.54) is 6.08 Å². The van der Waals surface area contributed by atoms with Crippen molar-refractivity contribution in [2.45, 2.75) is 41.2 Å². The van der Waals surface area contributed by atoms with Crippen LogP contribution in [-0.2, 0) is 23.1 Å². The molecule has 0 aliphatic rings. The Hall–Kier alpha value is -2.34. The summed E-state index contributed by atoms with van der Waals surface area (Å²) < 4.78 is 8.72. The van der Waals surface area contributed by atoms with Gasteiger partial charge < -0.3 is 9.30 Å². The lowest BCUT2D eigenvalue weighted by Gasteiger charge is -2.05. The van der Waals surface area contributed by atoms with Crippen molar-refractivity contribution in [2.24, 2.45) is 13.0 Å². The Morgan fingerprint density at radius 1 is 1.30 bits per heavy atom. The summed E-state index contributed by atoms with van der Waals surface area (Å²) in [6.45, 7) is 10.2. The van der Waals surface area contributed by atoms with E-state index in [4.69, 9.17) is 16.3 Å². The average molecular weight is 392 g/mol. The molecule has 0 saturated heterocycles. The summed E-state index contributed by atoms with van der Waals surface area (Å²) in [7, 11) is 1.89. The number of carbonyl (C=O) groups excluding carboxylic acids is 2. The van der Waals surface area contributed by atoms with Gasteiger partial charge in [-0.25, -0.2) is 4.79 Å². The highest BCUT2D eigenvalue weighted by molar-refractivity contribution is 6.31. The number of halogens is 1. The molecular formula is C20H26ClN3O3. The van der Waals surface area contributed by atoms with Crippen LogP contribution in [-0.4, -0.2) is 32.7 Å². The van der Waals surface area contributed by atoms with Crippen molar-refractivity contribution in [1.29, 1.82) is 0 Å². The van der Waals surface area contributed by atoms with E-state index >= 15 is 0 Å². The number of rotatable bonds is 7. The van der Waals surface area contributed by atoms with Crippen molar-refractivity contribution in [1.82, 2.24) is 14.3 Å². The second kappa shape index (κ2) is 8.57. The summed E-state index contributed by atoms with van der Waals surface area (Å²) in [5, 5.41) is 4.87. The Morgan fingerprint density at radius 2 is 1.96 bits per heavy atom. The number of hydrogen-bond donors (Lipinski definition) is 0. The normalized spacial score (nSPS) is 11.6. The first-order chi connectivity index (χ1) is 12.6. The fraction of sp³-hybridized carbons (Fsp3) is 0.450. The summed E-state index contributed by atoms with van der Waals surface area (Å²) in [5.41, 5.74) is 3.81. The van der Waals surface area contributed by atoms with Gasteiger partial charge in [-0.15, -0.1) is 0 Å². The monoisotopic (exact) mass is 391 g/mol. The van der Waals surface area contributed by atoms with Gasteiger partial charge in [-0.3, -0.25) is 9.48 Å². The molecule has 2 rings (SSSR count). The molecule has 0 unspecified atom stereocenters. The van der Waals surface area contributed by atoms with Crippen LogP contribution in [0.4, 0.5) is 0 Å². The fourth-order valence-corrected chi connectivity index (χ4v) is 3.08. The van der Waals surface area contributed by atoms with Gasteiger partial charge in [-0.2, -0.15) is 5.10 Å². The molecule has 2 heterocycles. The van der Waals surface area contributed by atoms with Crippen molar-refractivity contribution in [3.8, 4) is 0 Å². The van der Waals surface area contributed by atoms with Crippen LogP contribution < -0.4 is 0 Å². The van der Waals surface area contributed by atoms with Crippen molar-refractivity contribution < 1.29 is 14.3 Å². The zero-order chi connectivity index (χ0) is 20.3. The van der Waals surface area contributed by atoms with Gasteiger partial charge in [-0.1, -0.05) is 25.4 Å². The maximum absolute atomic E-state index is 12.3. The van der Waals surface area contributed by atoms with Crippen LogP contribution in [0.5, 0.6) is 0 Å². The smallest absolute Gasteiger partial charge is 0.331 e. The molecule has 0 bridgehead atoms. The zero-order valence-electron chi connectivity index (χ0n) is 16.7. The van der Waals surface area contributed by atoms with Crippen LogP contribution in [0, 0.1) is 26.7 Å². The molecule has 2 aromatic heterocycles. The molecule has 2 aromatic rings. The number of ketones is 1. The van der Waals surface area contributed by atoms with Gasteiger partial charge in [0.05, 0.1) is 5.69 Å². The van der Waals surface area contributed by atoms with Crippen LogP contribution in [0.25, 0.3) is 6.08 Å². The standard InChI is InChI=1S/C20H26ClN3O3/c1-12(2)10-24-20(21)16(14(4)22-24)7-8-19(26)27-11-18(25)17-9-13(3)23(6)15(17)5/h7-9,12H,10-11H2,1-6H3/b8-7+. The third-order valence-corrected chi connectivity index (χ3v) is 4.85. The number of aryl methyl sites for hydroxylation is 2. The quantitative estimate of drug-likeness (QED) is 0.408. The summed E-state index contributed by atoms with van der Waals surface area (Å²) >= 11 is 6.34. The van der Waals surface area contributed by atoms with Gasteiger partial charge in [0, 0.05) is 42.2 Å². The minimum atomic E-state index is -0.597. The van der Waals surface area contributed by atoms with E-state index in [0.29, 0.717) is 28.7 Å². The van der Waals surface area contributed by atoms with E-state index in [0.717, 1.165) is 17.1 Å². The Morgan fingerprint density at radius 3 is 2.52 bits per heavy atom. The average Bonchev–Trinajstić information content (AvgIpc) is 3.00. The van der Waals surface area contributed by atoms with Crippen molar-refractivity contribution in [3.63, 3.8) is 0 Å². The second-order valence-electron chi connectivity index (χ2n) is 7.07. The minimum absolute atomic E-state index is 0.225. The lowest BCUT2D eigenvalue weighted by molar-refractivity contribution is -0.136. The Labute approximate surface area is 164 Å². The van der Waals surface area contributed by atoms with Crippen molar-refractivity contribution in [3.05, 3.63) is 45.5 Å². The molecule has 0 aliphatic carbocycles. The van der Waals surface area contributed by atoms with Gasteiger partial charge in [0.1, 0.15) is 5.15 Å². The van der Waals surface area contributed by atoms with E-state index in [9.17, 15) is 9.59 Å². The number of nitrogens with zero attached hydrogens (tertiary/aromatic N) is 3. The Bertz CT molecular complexity index is 891. The SMILES string of the molecule is Cc1nn(CC(C)C)c(Cl)c1/C=C/C(=O)OCC(=O)c1cc(C)n(C)c1C. The van der Waals surface area contributed by atoms with E-state index in [1.807, 2.05) is 32.4 Å². The highest BCUT2D eigenvalue weighted by Gasteiger charge is 2.16. The number of esters is 1. The predicted molar refractivity (Wildman–Crippen MR) is 106 cm³/mol. The molecule has 0 amide bonds. The van der Waals surface area contributed by atoms with Gasteiger partial charge >= 0.3 is 5.97 Å². The van der Waals surface area contributed by atoms with Gasteiger partial charge in [-0.05, 0) is 38.8 Å². The van der Waals surface area contributed by atoms with Crippen molar-refractivity contribution >= 4 is 29.4 Å². The summed E-state index contributed by atoms with van der Waals surface area (Å²) in [6.07, 6.45) is 2.85. The van der Waals surface area contributed by atoms with Gasteiger partial charge in [0.25, 0.3) is 0 Å². The largest absolute Gasteiger partial charge is 0.454 e. The minimum Gasteiger partial charge on any atom is -0.454 e. The summed E-state index contributed by atoms with van der Waals surface area (Å²) in [6, 6.07) is 1.80. The molecule has 6 nitrogen and oxygen atoms in total. The summed E-state index contributed by atoms with van der Waals surface area (Å²) in [5.74, 6) is -0.419. The van der Waals surface area contributed by atoms with Crippen molar-refractivity contribution in [2.75, 3.05) is 6.61 Å². The third-order valence-electron chi connectivity index (χ3n) is 4.45. The highest BCUT2D eigenvalue weighted by Crippen LogP contribution is 2.22. The van der Waals surface area contributed by atoms with E-state index in [2.05, 4.69) is 18.9 Å². The lowest BCUT2D eigenvalue weighted by atomic mass is 10.1. The molecule has 0 atom stereocenters. The molecular weight excluding hydrogens is 366 g/mol. The molecule has 27 heavy (non-hydrogen) atoms. The maximum atomic E-state index is 12.3. The topological polar surface area (TPSA) is 66.1 Å². The number of ether oxygens (including phenoxy) is 1. The van der Waals surface area contributed by atoms with E-state index < -0.39 is 5.97 Å². The fourth-order valence-electron chi connectivity index (χ4n) is 2.77. The first kappa shape index (κ1) is 21.0. The molecule has 7 heteroatoms. The Balaban J connectivity index is 2.00. The molecule has 0 spiro atoms. The van der Waals surface area contributed by atoms with Crippen LogP contribution in [0.1, 0.15) is 46.9 Å². The maximum Gasteiger partial charge on any atom is 0.331 e. The van der Waals surface area contributed by atoms with Crippen LogP contribution in [0.3, 0.4) is 0 Å². The van der Waals surface area contributed by atoms with Gasteiger partial charge in [0.2, 0.25) is 5.78 Å². The zero-order valence-corrected chi connectivity index (χ0v) is 17.4. The van der Waals surface area contributed by atoms with Crippen LogP contribution >= 0.6 is 11.6 Å². The Kier molecular flexibility index (Phi) is 6.65.